The first-order valence-electron chi connectivity index (χ1n) is 14.2. The molecule has 3 rings (SSSR count). The van der Waals surface area contributed by atoms with Gasteiger partial charge in [0.2, 0.25) is 11.8 Å². The van der Waals surface area contributed by atoms with E-state index >= 15 is 0 Å². The summed E-state index contributed by atoms with van der Waals surface area (Å²) in [6.45, 7) is 12.0. The van der Waals surface area contributed by atoms with Crippen LogP contribution in [0.5, 0.6) is 0 Å². The smallest absolute Gasteiger partial charge is 0.408 e. The fourth-order valence-corrected chi connectivity index (χ4v) is 4.82. The maximum Gasteiger partial charge on any atom is 0.408 e. The Bertz CT molecular complexity index is 1120. The van der Waals surface area contributed by atoms with Crippen molar-refractivity contribution in [1.82, 2.24) is 15.5 Å². The van der Waals surface area contributed by atoms with Gasteiger partial charge in [-0.15, -0.1) is 0 Å². The number of benzene rings is 2. The lowest BCUT2D eigenvalue weighted by molar-refractivity contribution is -0.147. The molecule has 39 heavy (non-hydrogen) atoms. The number of nitrogens with one attached hydrogen (secondary N) is 2. The number of amides is 3. The molecular weight excluding hydrogens is 490 g/mol. The third-order valence-corrected chi connectivity index (χ3v) is 7.08. The molecular formula is C32H45N3O4. The molecule has 2 unspecified atom stereocenters. The van der Waals surface area contributed by atoms with E-state index in [1.54, 1.807) is 25.7 Å². The van der Waals surface area contributed by atoms with Gasteiger partial charge < -0.3 is 20.3 Å². The summed E-state index contributed by atoms with van der Waals surface area (Å²) in [5.74, 6) is -0.459. The highest BCUT2D eigenvalue weighted by atomic mass is 16.6. The van der Waals surface area contributed by atoms with Crippen molar-refractivity contribution in [2.45, 2.75) is 104 Å². The van der Waals surface area contributed by atoms with Crippen LogP contribution in [0.25, 0.3) is 0 Å². The first kappa shape index (κ1) is 30.2. The van der Waals surface area contributed by atoms with Crippen molar-refractivity contribution in [3.63, 3.8) is 0 Å². The van der Waals surface area contributed by atoms with Crippen LogP contribution in [-0.4, -0.2) is 47.0 Å². The predicted molar refractivity (Wildman–Crippen MR) is 154 cm³/mol. The molecule has 0 radical (unpaired) electrons. The maximum atomic E-state index is 14.5. The number of hydrogen-bond donors (Lipinski definition) is 2. The molecule has 0 saturated heterocycles. The van der Waals surface area contributed by atoms with Crippen molar-refractivity contribution in [3.05, 3.63) is 70.8 Å². The van der Waals surface area contributed by atoms with Crippen molar-refractivity contribution < 1.29 is 19.1 Å². The molecule has 7 nitrogen and oxygen atoms in total. The van der Waals surface area contributed by atoms with Gasteiger partial charge >= 0.3 is 6.09 Å². The molecule has 2 atom stereocenters. The number of ether oxygens (including phenoxy) is 1. The zero-order chi connectivity index (χ0) is 28.6. The summed E-state index contributed by atoms with van der Waals surface area (Å²) in [4.78, 5) is 43.0. The van der Waals surface area contributed by atoms with Crippen LogP contribution in [0.2, 0.25) is 0 Å². The second-order valence-electron chi connectivity index (χ2n) is 11.6. The third-order valence-electron chi connectivity index (χ3n) is 7.08. The first-order chi connectivity index (χ1) is 18.5. The number of rotatable bonds is 11. The molecule has 7 heteroatoms. The molecule has 0 heterocycles. The number of carbonyl (C=O) groups is 3. The Morgan fingerprint density at radius 1 is 1.05 bits per heavy atom. The van der Waals surface area contributed by atoms with Gasteiger partial charge in [-0.3, -0.25) is 9.59 Å². The Balaban J connectivity index is 2.04. The molecule has 212 valence electrons. The van der Waals surface area contributed by atoms with Gasteiger partial charge in [-0.1, -0.05) is 67.4 Å². The van der Waals surface area contributed by atoms with E-state index in [1.807, 2.05) is 62.4 Å². The van der Waals surface area contributed by atoms with E-state index in [0.717, 1.165) is 54.4 Å². The molecule has 0 aliphatic heterocycles. The quantitative estimate of drug-likeness (QED) is 0.357. The Labute approximate surface area is 233 Å². The SMILES string of the molecule is CCCCNC(=O)C(c1cc(C)ccc1C)N(C(=O)C(Cc1ccccc1)NC(=O)OC(C)(C)C)C1CCC1. The van der Waals surface area contributed by atoms with Crippen LogP contribution in [0.4, 0.5) is 4.79 Å². The van der Waals surface area contributed by atoms with Gasteiger partial charge in [0.15, 0.2) is 0 Å². The lowest BCUT2D eigenvalue weighted by Gasteiger charge is -2.44. The van der Waals surface area contributed by atoms with E-state index in [9.17, 15) is 14.4 Å². The zero-order valence-electron chi connectivity index (χ0n) is 24.4. The summed E-state index contributed by atoms with van der Waals surface area (Å²) in [5, 5.41) is 5.93. The molecule has 0 aromatic heterocycles. The second-order valence-corrected chi connectivity index (χ2v) is 11.6. The zero-order valence-corrected chi connectivity index (χ0v) is 24.4. The van der Waals surface area contributed by atoms with Crippen LogP contribution < -0.4 is 10.6 Å². The molecule has 1 aliphatic carbocycles. The normalized spacial score (nSPS) is 15.0. The van der Waals surface area contributed by atoms with E-state index in [4.69, 9.17) is 4.74 Å². The summed E-state index contributed by atoms with van der Waals surface area (Å²) in [6.07, 6.45) is 4.09. The summed E-state index contributed by atoms with van der Waals surface area (Å²) in [7, 11) is 0. The van der Waals surface area contributed by atoms with Gasteiger partial charge in [0.1, 0.15) is 17.7 Å². The van der Waals surface area contributed by atoms with Crippen LogP contribution in [0.1, 0.15) is 88.1 Å². The lowest BCUT2D eigenvalue weighted by atomic mass is 9.86. The minimum Gasteiger partial charge on any atom is -0.444 e. The van der Waals surface area contributed by atoms with Crippen molar-refractivity contribution in [2.75, 3.05) is 6.54 Å². The molecule has 2 N–H and O–H groups in total. The van der Waals surface area contributed by atoms with Crippen molar-refractivity contribution >= 4 is 17.9 Å². The number of unbranched alkanes of at least 4 members (excludes halogenated alkanes) is 1. The Kier molecular flexibility index (Phi) is 10.6. The highest BCUT2D eigenvalue weighted by Gasteiger charge is 2.42. The fraction of sp³-hybridized carbons (Fsp3) is 0.531. The number of carbonyl (C=O) groups excluding carboxylic acids is 3. The van der Waals surface area contributed by atoms with Crippen molar-refractivity contribution in [1.29, 1.82) is 0 Å². The van der Waals surface area contributed by atoms with E-state index in [0.29, 0.717) is 13.0 Å². The molecule has 1 fully saturated rings. The van der Waals surface area contributed by atoms with Gasteiger partial charge in [-0.25, -0.2) is 4.79 Å². The largest absolute Gasteiger partial charge is 0.444 e. The average Bonchev–Trinajstić information content (AvgIpc) is 2.83. The first-order valence-corrected chi connectivity index (χ1v) is 14.2. The van der Waals surface area contributed by atoms with E-state index in [2.05, 4.69) is 17.6 Å². The van der Waals surface area contributed by atoms with E-state index in [1.165, 1.54) is 0 Å². The van der Waals surface area contributed by atoms with Crippen LogP contribution in [-0.2, 0) is 20.7 Å². The summed E-state index contributed by atoms with van der Waals surface area (Å²) in [5.41, 5.74) is 3.00. The minimum atomic E-state index is -0.890. The summed E-state index contributed by atoms with van der Waals surface area (Å²) >= 11 is 0. The van der Waals surface area contributed by atoms with Crippen molar-refractivity contribution in [3.8, 4) is 0 Å². The van der Waals surface area contributed by atoms with Gasteiger partial charge in [0.25, 0.3) is 0 Å². The van der Waals surface area contributed by atoms with Crippen LogP contribution in [0.15, 0.2) is 48.5 Å². The minimum absolute atomic E-state index is 0.0851. The highest BCUT2D eigenvalue weighted by Crippen LogP contribution is 2.35. The van der Waals surface area contributed by atoms with Gasteiger partial charge in [-0.05, 0) is 77.0 Å². The Morgan fingerprint density at radius 3 is 2.33 bits per heavy atom. The average molecular weight is 536 g/mol. The Morgan fingerprint density at radius 2 is 1.74 bits per heavy atom. The number of aryl methyl sites for hydroxylation is 2. The van der Waals surface area contributed by atoms with Crippen LogP contribution in [0, 0.1) is 13.8 Å². The standard InChI is InChI=1S/C32H45N3O4/c1-7-8-19-33-29(36)28(26-20-22(2)17-18-23(26)3)35(25-15-12-16-25)30(37)27(21-24-13-10-9-11-14-24)34-31(38)39-32(4,5)6/h9-11,13-14,17-18,20,25,27-28H,7-8,12,15-16,19,21H2,1-6H3,(H,33,36)(H,34,38). The van der Waals surface area contributed by atoms with Gasteiger partial charge in [0, 0.05) is 19.0 Å². The van der Waals surface area contributed by atoms with Crippen molar-refractivity contribution in [2.24, 2.45) is 0 Å². The number of hydrogen-bond acceptors (Lipinski definition) is 4. The summed E-state index contributed by atoms with van der Waals surface area (Å²) < 4.78 is 5.53. The number of alkyl carbamates (subject to hydrolysis) is 1. The van der Waals surface area contributed by atoms with E-state index in [-0.39, 0.29) is 17.9 Å². The molecule has 2 aromatic rings. The molecule has 3 amide bonds. The predicted octanol–water partition coefficient (Wildman–Crippen LogP) is 5.78. The molecule has 0 spiro atoms. The van der Waals surface area contributed by atoms with Gasteiger partial charge in [-0.2, -0.15) is 0 Å². The lowest BCUT2D eigenvalue weighted by Crippen LogP contribution is -2.58. The topological polar surface area (TPSA) is 87.7 Å². The highest BCUT2D eigenvalue weighted by molar-refractivity contribution is 5.93. The van der Waals surface area contributed by atoms with Gasteiger partial charge in [0.05, 0.1) is 0 Å². The third kappa shape index (κ3) is 8.57. The van der Waals surface area contributed by atoms with Crippen LogP contribution >= 0.6 is 0 Å². The maximum absolute atomic E-state index is 14.5. The molecule has 2 aromatic carbocycles. The number of nitrogens with zero attached hydrogens (tertiary/aromatic N) is 1. The van der Waals surface area contributed by atoms with Crippen LogP contribution in [0.3, 0.4) is 0 Å². The monoisotopic (exact) mass is 535 g/mol. The summed E-state index contributed by atoms with van der Waals surface area (Å²) in [6, 6.07) is 13.9. The molecule has 1 aliphatic rings. The van der Waals surface area contributed by atoms with E-state index < -0.39 is 23.8 Å². The second kappa shape index (κ2) is 13.6. The molecule has 0 bridgehead atoms. The molecule has 1 saturated carbocycles. The Hall–Kier alpha value is -3.35. The fourth-order valence-electron chi connectivity index (χ4n) is 4.82.